The van der Waals surface area contributed by atoms with E-state index in [1.807, 2.05) is 29.2 Å². The van der Waals surface area contributed by atoms with Crippen molar-refractivity contribution >= 4 is 28.3 Å². The van der Waals surface area contributed by atoms with Gasteiger partial charge in [-0.3, -0.25) is 24.3 Å². The van der Waals surface area contributed by atoms with Crippen LogP contribution in [-0.4, -0.2) is 67.0 Å². The van der Waals surface area contributed by atoms with Crippen LogP contribution in [0.15, 0.2) is 36.4 Å². The molecule has 0 radical (unpaired) electrons. The molecular formula is C21H24N4O2. The highest BCUT2D eigenvalue weighted by Crippen LogP contribution is 2.37. The van der Waals surface area contributed by atoms with E-state index in [0.717, 1.165) is 61.0 Å². The fraction of sp³-hybridized carbons (Fsp3) is 0.429. The molecule has 2 amide bonds. The smallest absolute Gasteiger partial charge is 0.260 e. The topological polar surface area (TPSA) is 55.9 Å². The van der Waals surface area contributed by atoms with E-state index in [9.17, 15) is 9.59 Å². The van der Waals surface area contributed by atoms with Crippen LogP contribution in [-0.2, 0) is 4.79 Å². The summed E-state index contributed by atoms with van der Waals surface area (Å²) < 4.78 is 0. The summed E-state index contributed by atoms with van der Waals surface area (Å²) in [5.74, 6) is 0.232. The van der Waals surface area contributed by atoms with Crippen LogP contribution < -0.4 is 10.2 Å². The Morgan fingerprint density at radius 3 is 2.44 bits per heavy atom. The Morgan fingerprint density at radius 2 is 1.70 bits per heavy atom. The molecule has 140 valence electrons. The molecule has 2 aliphatic heterocycles. The van der Waals surface area contributed by atoms with Crippen LogP contribution in [0.5, 0.6) is 0 Å². The lowest BCUT2D eigenvalue weighted by Crippen LogP contribution is -2.52. The predicted molar refractivity (Wildman–Crippen MR) is 105 cm³/mol. The maximum atomic E-state index is 12.9. The van der Waals surface area contributed by atoms with Crippen molar-refractivity contribution in [1.82, 2.24) is 15.1 Å². The van der Waals surface area contributed by atoms with Gasteiger partial charge in [-0.05, 0) is 30.4 Å². The van der Waals surface area contributed by atoms with Crippen LogP contribution in [0.25, 0.3) is 10.8 Å². The number of piperazine rings is 1. The molecule has 2 heterocycles. The fourth-order valence-corrected chi connectivity index (χ4v) is 4.11. The molecule has 1 aliphatic carbocycles. The van der Waals surface area contributed by atoms with Gasteiger partial charge in [-0.2, -0.15) is 0 Å². The number of carbonyl (C=O) groups excluding carboxylic acids is 2. The normalized spacial score (nSPS) is 20.4. The first-order valence-corrected chi connectivity index (χ1v) is 9.77. The molecule has 6 heteroatoms. The Morgan fingerprint density at radius 1 is 1.00 bits per heavy atom. The van der Waals surface area contributed by atoms with Crippen molar-refractivity contribution in [1.29, 1.82) is 0 Å². The largest absolute Gasteiger partial charge is 0.352 e. The van der Waals surface area contributed by atoms with Crippen molar-refractivity contribution in [3.05, 3.63) is 42.0 Å². The number of hydrogen-bond donors (Lipinski definition) is 1. The Labute approximate surface area is 158 Å². The van der Waals surface area contributed by atoms with Gasteiger partial charge in [-0.1, -0.05) is 24.3 Å². The summed E-state index contributed by atoms with van der Waals surface area (Å²) in [6.45, 7) is 4.54. The number of nitrogens with one attached hydrogen (secondary N) is 1. The molecule has 0 aromatic heterocycles. The summed E-state index contributed by atoms with van der Waals surface area (Å²) in [4.78, 5) is 31.3. The molecule has 1 saturated heterocycles. The Hall–Kier alpha value is -2.44. The van der Waals surface area contributed by atoms with E-state index in [1.165, 1.54) is 0 Å². The number of rotatable bonds is 5. The highest BCUT2D eigenvalue weighted by molar-refractivity contribution is 6.24. The first-order chi connectivity index (χ1) is 13.2. The zero-order valence-electron chi connectivity index (χ0n) is 15.4. The van der Waals surface area contributed by atoms with Gasteiger partial charge in [-0.15, -0.1) is 0 Å². The van der Waals surface area contributed by atoms with Gasteiger partial charge in [-0.25, -0.2) is 0 Å². The third-order valence-corrected chi connectivity index (χ3v) is 5.77. The number of carbonyl (C=O) groups is 2. The predicted octanol–water partition coefficient (Wildman–Crippen LogP) is 1.65. The van der Waals surface area contributed by atoms with Crippen LogP contribution in [0, 0.1) is 0 Å². The number of amides is 2. The van der Waals surface area contributed by atoms with E-state index < -0.39 is 0 Å². The summed E-state index contributed by atoms with van der Waals surface area (Å²) >= 11 is 0. The SMILES string of the molecule is O=C(CN1CCN(CN2C(=O)c3cccc4cccc2c34)CC1)NC1CC1. The second kappa shape index (κ2) is 6.62. The van der Waals surface area contributed by atoms with Gasteiger partial charge >= 0.3 is 0 Å². The molecule has 2 aromatic carbocycles. The van der Waals surface area contributed by atoms with Gasteiger partial charge in [0.2, 0.25) is 5.91 Å². The van der Waals surface area contributed by atoms with Gasteiger partial charge in [0.1, 0.15) is 0 Å². The molecule has 1 saturated carbocycles. The van der Waals surface area contributed by atoms with E-state index in [4.69, 9.17) is 0 Å². The summed E-state index contributed by atoms with van der Waals surface area (Å²) in [5, 5.41) is 5.24. The minimum absolute atomic E-state index is 0.0908. The Balaban J connectivity index is 1.22. The first-order valence-electron chi connectivity index (χ1n) is 9.77. The van der Waals surface area contributed by atoms with E-state index in [0.29, 0.717) is 19.3 Å². The van der Waals surface area contributed by atoms with Crippen LogP contribution in [0.2, 0.25) is 0 Å². The standard InChI is InChI=1S/C21H24N4O2/c26-19(22-16-7-8-16)13-23-9-11-24(12-10-23)14-25-18-6-2-4-15-3-1-5-17(20(15)18)21(25)27/h1-6,16H,7-14H2,(H,22,26). The van der Waals surface area contributed by atoms with Gasteiger partial charge in [0.05, 0.1) is 18.9 Å². The summed E-state index contributed by atoms with van der Waals surface area (Å²) in [6, 6.07) is 12.5. The van der Waals surface area contributed by atoms with Crippen LogP contribution in [0.4, 0.5) is 5.69 Å². The van der Waals surface area contributed by atoms with Crippen molar-refractivity contribution in [3.8, 4) is 0 Å². The lowest BCUT2D eigenvalue weighted by atomic mass is 10.1. The number of nitrogens with zero attached hydrogens (tertiary/aromatic N) is 3. The average molecular weight is 364 g/mol. The second-order valence-electron chi connectivity index (χ2n) is 7.79. The Bertz CT molecular complexity index is 895. The molecule has 0 bridgehead atoms. The molecule has 6 nitrogen and oxygen atoms in total. The monoisotopic (exact) mass is 364 g/mol. The van der Waals surface area contributed by atoms with Crippen LogP contribution in [0.3, 0.4) is 0 Å². The van der Waals surface area contributed by atoms with Crippen molar-refractivity contribution in [2.75, 3.05) is 44.3 Å². The lowest BCUT2D eigenvalue weighted by molar-refractivity contribution is -0.122. The first kappa shape index (κ1) is 16.7. The average Bonchev–Trinajstić information content (AvgIpc) is 3.45. The quantitative estimate of drug-likeness (QED) is 0.877. The number of benzene rings is 2. The highest BCUT2D eigenvalue weighted by Gasteiger charge is 2.32. The van der Waals surface area contributed by atoms with Crippen molar-refractivity contribution in [2.45, 2.75) is 18.9 Å². The highest BCUT2D eigenvalue weighted by atomic mass is 16.2. The molecule has 2 aromatic rings. The van der Waals surface area contributed by atoms with Crippen molar-refractivity contribution in [3.63, 3.8) is 0 Å². The summed E-state index contributed by atoms with van der Waals surface area (Å²) in [5.41, 5.74) is 1.82. The maximum absolute atomic E-state index is 12.9. The molecule has 5 rings (SSSR count). The number of hydrogen-bond acceptors (Lipinski definition) is 4. The third-order valence-electron chi connectivity index (χ3n) is 5.77. The molecule has 0 unspecified atom stereocenters. The minimum atomic E-state index is 0.0908. The second-order valence-corrected chi connectivity index (χ2v) is 7.79. The maximum Gasteiger partial charge on any atom is 0.260 e. The van der Waals surface area contributed by atoms with Crippen LogP contribution in [0.1, 0.15) is 23.2 Å². The molecule has 0 atom stereocenters. The fourth-order valence-electron chi connectivity index (χ4n) is 4.11. The molecule has 27 heavy (non-hydrogen) atoms. The molecule has 3 aliphatic rings. The van der Waals surface area contributed by atoms with E-state index in [2.05, 4.69) is 27.2 Å². The zero-order valence-corrected chi connectivity index (χ0v) is 15.4. The summed E-state index contributed by atoms with van der Waals surface area (Å²) in [7, 11) is 0. The van der Waals surface area contributed by atoms with Gasteiger partial charge in [0, 0.05) is 43.2 Å². The van der Waals surface area contributed by atoms with E-state index in [-0.39, 0.29) is 11.8 Å². The zero-order chi connectivity index (χ0) is 18.4. The Kier molecular flexibility index (Phi) is 4.10. The van der Waals surface area contributed by atoms with Crippen LogP contribution >= 0.6 is 0 Å². The molecule has 0 spiro atoms. The molecule has 1 N–H and O–H groups in total. The molecule has 2 fully saturated rings. The van der Waals surface area contributed by atoms with E-state index >= 15 is 0 Å². The lowest BCUT2D eigenvalue weighted by Gasteiger charge is -2.36. The van der Waals surface area contributed by atoms with Crippen molar-refractivity contribution < 1.29 is 9.59 Å². The van der Waals surface area contributed by atoms with Crippen molar-refractivity contribution in [2.24, 2.45) is 0 Å². The third kappa shape index (κ3) is 3.19. The minimum Gasteiger partial charge on any atom is -0.352 e. The van der Waals surface area contributed by atoms with Gasteiger partial charge in [0.15, 0.2) is 0 Å². The van der Waals surface area contributed by atoms with E-state index in [1.54, 1.807) is 0 Å². The number of anilines is 1. The van der Waals surface area contributed by atoms with Gasteiger partial charge < -0.3 is 5.32 Å². The molecular weight excluding hydrogens is 340 g/mol. The van der Waals surface area contributed by atoms with Gasteiger partial charge in [0.25, 0.3) is 5.91 Å². The summed E-state index contributed by atoms with van der Waals surface area (Å²) in [6.07, 6.45) is 2.25.